The van der Waals surface area contributed by atoms with Crippen molar-refractivity contribution in [3.05, 3.63) is 80.7 Å². The number of hydrogen-bond acceptors (Lipinski definition) is 5. The van der Waals surface area contributed by atoms with Crippen molar-refractivity contribution in [2.75, 3.05) is 7.11 Å². The average molecular weight is 377 g/mol. The Morgan fingerprint density at radius 3 is 2.61 bits per heavy atom. The zero-order valence-electron chi connectivity index (χ0n) is 16.3. The van der Waals surface area contributed by atoms with Crippen LogP contribution in [0.3, 0.4) is 0 Å². The molecule has 0 N–H and O–H groups in total. The molecule has 0 unspecified atom stereocenters. The quantitative estimate of drug-likeness (QED) is 0.516. The number of methoxy groups -OCH3 is 1. The van der Waals surface area contributed by atoms with Gasteiger partial charge >= 0.3 is 11.6 Å². The highest BCUT2D eigenvalue weighted by Gasteiger charge is 2.32. The first-order valence-electron chi connectivity index (χ1n) is 9.39. The van der Waals surface area contributed by atoms with Gasteiger partial charge in [0.15, 0.2) is 0 Å². The molecular weight excluding hydrogens is 354 g/mol. The fraction of sp³-hybridized carbons (Fsp3) is 0.304. The maximum absolute atomic E-state index is 12.5. The Morgan fingerprint density at radius 1 is 1.14 bits per heavy atom. The van der Waals surface area contributed by atoms with E-state index in [0.29, 0.717) is 25.1 Å². The lowest BCUT2D eigenvalue weighted by Crippen LogP contribution is -2.45. The summed E-state index contributed by atoms with van der Waals surface area (Å²) in [6, 6.07) is 13.2. The molecule has 144 valence electrons. The first-order chi connectivity index (χ1) is 13.5. The molecule has 1 atom stereocenters. The Morgan fingerprint density at radius 2 is 1.86 bits per heavy atom. The fourth-order valence-corrected chi connectivity index (χ4v) is 3.94. The minimum atomic E-state index is -0.381. The second kappa shape index (κ2) is 7.24. The molecule has 2 aromatic carbocycles. The number of fused-ring (bicyclic) bond motifs is 2. The Bertz CT molecular complexity index is 1120. The van der Waals surface area contributed by atoms with E-state index in [0.717, 1.165) is 27.6 Å². The van der Waals surface area contributed by atoms with Gasteiger partial charge in [-0.05, 0) is 60.2 Å². The molecule has 1 aromatic heterocycles. The number of carbonyl (C=O) groups is 1. The summed E-state index contributed by atoms with van der Waals surface area (Å²) in [5, 5.41) is 0.908. The average Bonchev–Trinajstić information content (AvgIpc) is 2.68. The van der Waals surface area contributed by atoms with Crippen LogP contribution in [0, 0.1) is 13.8 Å². The van der Waals surface area contributed by atoms with E-state index in [2.05, 4.69) is 17.0 Å². The summed E-state index contributed by atoms with van der Waals surface area (Å²) in [6.07, 6.45) is 0.598. The maximum atomic E-state index is 12.5. The van der Waals surface area contributed by atoms with Crippen molar-refractivity contribution < 1.29 is 13.9 Å². The van der Waals surface area contributed by atoms with Crippen molar-refractivity contribution in [3.63, 3.8) is 0 Å². The van der Waals surface area contributed by atoms with E-state index in [1.807, 2.05) is 38.1 Å². The van der Waals surface area contributed by atoms with E-state index in [9.17, 15) is 9.59 Å². The van der Waals surface area contributed by atoms with E-state index in [-0.39, 0.29) is 17.6 Å². The van der Waals surface area contributed by atoms with Gasteiger partial charge in [0.05, 0.1) is 7.11 Å². The first kappa shape index (κ1) is 18.4. The third kappa shape index (κ3) is 3.34. The van der Waals surface area contributed by atoms with Crippen molar-refractivity contribution in [1.82, 2.24) is 4.90 Å². The van der Waals surface area contributed by atoms with Gasteiger partial charge in [0, 0.05) is 24.5 Å². The van der Waals surface area contributed by atoms with E-state index in [1.165, 1.54) is 18.7 Å². The fourth-order valence-electron chi connectivity index (χ4n) is 3.94. The van der Waals surface area contributed by atoms with Gasteiger partial charge in [-0.3, -0.25) is 9.69 Å². The van der Waals surface area contributed by atoms with Crippen LogP contribution in [0.25, 0.3) is 11.0 Å². The maximum Gasteiger partial charge on any atom is 0.336 e. The molecule has 0 bridgehead atoms. The molecule has 0 aliphatic carbocycles. The Labute approximate surface area is 163 Å². The lowest BCUT2D eigenvalue weighted by molar-refractivity contribution is -0.147. The predicted octanol–water partition coefficient (Wildman–Crippen LogP) is 3.51. The summed E-state index contributed by atoms with van der Waals surface area (Å²) >= 11 is 0. The number of ether oxygens (including phenoxy) is 1. The second-order valence-electron chi connectivity index (χ2n) is 7.44. The highest BCUT2D eigenvalue weighted by molar-refractivity contribution is 5.82. The van der Waals surface area contributed by atoms with Crippen LogP contribution in [-0.4, -0.2) is 24.0 Å². The third-order valence-electron chi connectivity index (χ3n) is 5.64. The van der Waals surface area contributed by atoms with Crippen LogP contribution in [0.5, 0.6) is 0 Å². The largest absolute Gasteiger partial charge is 0.468 e. The summed E-state index contributed by atoms with van der Waals surface area (Å²) < 4.78 is 10.5. The summed E-state index contributed by atoms with van der Waals surface area (Å²) in [6.45, 7) is 5.13. The molecule has 5 nitrogen and oxygen atoms in total. The highest BCUT2D eigenvalue weighted by Crippen LogP contribution is 2.28. The van der Waals surface area contributed by atoms with Crippen LogP contribution in [0.1, 0.15) is 27.8 Å². The minimum absolute atomic E-state index is 0.256. The number of hydrogen-bond donors (Lipinski definition) is 0. The Kier molecular flexibility index (Phi) is 4.77. The monoisotopic (exact) mass is 377 g/mol. The predicted molar refractivity (Wildman–Crippen MR) is 107 cm³/mol. The normalized spacial score (nSPS) is 16.8. The van der Waals surface area contributed by atoms with Crippen LogP contribution in [-0.2, 0) is 29.0 Å². The van der Waals surface area contributed by atoms with Crippen LogP contribution >= 0.6 is 0 Å². The molecular formula is C23H23NO4. The molecule has 0 saturated carbocycles. The third-order valence-corrected chi connectivity index (χ3v) is 5.64. The van der Waals surface area contributed by atoms with Crippen LogP contribution < -0.4 is 5.63 Å². The van der Waals surface area contributed by atoms with Crippen molar-refractivity contribution in [1.29, 1.82) is 0 Å². The lowest BCUT2D eigenvalue weighted by Gasteiger charge is -2.35. The molecule has 0 radical (unpaired) electrons. The van der Waals surface area contributed by atoms with Crippen molar-refractivity contribution in [2.45, 2.75) is 39.4 Å². The molecule has 0 spiro atoms. The van der Waals surface area contributed by atoms with Gasteiger partial charge in [0.2, 0.25) is 0 Å². The standard InChI is InChI=1S/C23H23NO4/c1-14-8-19-18(11-22(25)28-21(19)9-15(14)2)13-24-12-17-7-5-4-6-16(17)10-20(24)23(26)27-3/h4-9,11,20H,10,12-13H2,1-3H3/t20-/m0/s1. The smallest absolute Gasteiger partial charge is 0.336 e. The van der Waals surface area contributed by atoms with Gasteiger partial charge in [-0.2, -0.15) is 0 Å². The van der Waals surface area contributed by atoms with Crippen molar-refractivity contribution in [2.24, 2.45) is 0 Å². The molecule has 0 fully saturated rings. The molecule has 28 heavy (non-hydrogen) atoms. The molecule has 3 aromatic rings. The molecule has 0 amide bonds. The van der Waals surface area contributed by atoms with Crippen molar-refractivity contribution >= 4 is 16.9 Å². The van der Waals surface area contributed by atoms with Crippen LogP contribution in [0.15, 0.2) is 51.7 Å². The van der Waals surface area contributed by atoms with E-state index in [4.69, 9.17) is 9.15 Å². The molecule has 5 heteroatoms. The number of rotatable bonds is 3. The number of esters is 1. The van der Waals surface area contributed by atoms with E-state index >= 15 is 0 Å². The van der Waals surface area contributed by atoms with Gasteiger partial charge in [-0.1, -0.05) is 24.3 Å². The zero-order chi connectivity index (χ0) is 19.8. The molecule has 4 rings (SSSR count). The van der Waals surface area contributed by atoms with Gasteiger partial charge in [-0.15, -0.1) is 0 Å². The SMILES string of the molecule is COC(=O)[C@@H]1Cc2ccccc2CN1Cc1cc(=O)oc2cc(C)c(C)cc12. The molecule has 0 saturated heterocycles. The summed E-state index contributed by atoms with van der Waals surface area (Å²) in [4.78, 5) is 26.7. The highest BCUT2D eigenvalue weighted by atomic mass is 16.5. The minimum Gasteiger partial charge on any atom is -0.468 e. The van der Waals surface area contributed by atoms with Gasteiger partial charge in [-0.25, -0.2) is 4.79 Å². The van der Waals surface area contributed by atoms with Crippen molar-refractivity contribution in [3.8, 4) is 0 Å². The Balaban J connectivity index is 1.77. The van der Waals surface area contributed by atoms with Gasteiger partial charge in [0.1, 0.15) is 11.6 Å². The second-order valence-corrected chi connectivity index (χ2v) is 7.44. The number of aryl methyl sites for hydroxylation is 2. The molecule has 1 aliphatic heterocycles. The number of benzene rings is 2. The lowest BCUT2D eigenvalue weighted by atomic mass is 9.93. The van der Waals surface area contributed by atoms with Crippen LogP contribution in [0.4, 0.5) is 0 Å². The van der Waals surface area contributed by atoms with Crippen LogP contribution in [0.2, 0.25) is 0 Å². The topological polar surface area (TPSA) is 59.8 Å². The Hall–Kier alpha value is -2.92. The summed E-state index contributed by atoms with van der Waals surface area (Å²) in [5.74, 6) is -0.256. The molecule has 1 aliphatic rings. The molecule has 2 heterocycles. The number of carbonyl (C=O) groups excluding carboxylic acids is 1. The van der Waals surface area contributed by atoms with Gasteiger partial charge < -0.3 is 9.15 Å². The van der Waals surface area contributed by atoms with E-state index < -0.39 is 0 Å². The first-order valence-corrected chi connectivity index (χ1v) is 9.39. The summed E-state index contributed by atoms with van der Waals surface area (Å²) in [7, 11) is 1.42. The van der Waals surface area contributed by atoms with Gasteiger partial charge in [0.25, 0.3) is 0 Å². The van der Waals surface area contributed by atoms with E-state index in [1.54, 1.807) is 0 Å². The number of nitrogens with zero attached hydrogens (tertiary/aromatic N) is 1. The zero-order valence-corrected chi connectivity index (χ0v) is 16.3. The summed E-state index contributed by atoms with van der Waals surface area (Å²) in [5.41, 5.74) is 5.64.